The number of ether oxygens (including phenoxy) is 2. The average molecular weight is 347 g/mol. The summed E-state index contributed by atoms with van der Waals surface area (Å²) in [6.45, 7) is 5.45. The van der Waals surface area contributed by atoms with Gasteiger partial charge in [0.25, 0.3) is 5.91 Å². The topological polar surface area (TPSA) is 93.3 Å². The van der Waals surface area contributed by atoms with E-state index >= 15 is 0 Å². The molecule has 0 bridgehead atoms. The van der Waals surface area contributed by atoms with Gasteiger partial charge in [-0.1, -0.05) is 12.8 Å². The summed E-state index contributed by atoms with van der Waals surface area (Å²) in [5.41, 5.74) is 2.34. The number of rotatable bonds is 7. The van der Waals surface area contributed by atoms with Gasteiger partial charge in [0.2, 0.25) is 0 Å². The molecule has 1 aromatic rings. The maximum atomic E-state index is 12.2. The molecule has 1 N–H and O–H groups in total. The Morgan fingerprint density at radius 2 is 1.96 bits per heavy atom. The van der Waals surface area contributed by atoms with Crippen LogP contribution in [0.25, 0.3) is 0 Å². The molecule has 0 radical (unpaired) electrons. The number of nitriles is 1. The molecule has 0 saturated heterocycles. The van der Waals surface area contributed by atoms with Crippen LogP contribution >= 0.6 is 0 Å². The lowest BCUT2D eigenvalue weighted by molar-refractivity contribution is -0.151. The zero-order valence-electron chi connectivity index (χ0n) is 15.1. The van der Waals surface area contributed by atoms with E-state index in [1.807, 2.05) is 13.8 Å². The summed E-state index contributed by atoms with van der Waals surface area (Å²) in [4.78, 5) is 23.6. The molecule has 1 aromatic heterocycles. The molecule has 1 aliphatic rings. The van der Waals surface area contributed by atoms with Crippen LogP contribution in [-0.4, -0.2) is 36.3 Å². The fraction of sp³-hybridized carbons (Fsp3) is 0.611. The summed E-state index contributed by atoms with van der Waals surface area (Å²) in [5.74, 6) is -0.538. The molecule has 0 aromatic carbocycles. The van der Waals surface area contributed by atoms with Crippen molar-refractivity contribution in [2.45, 2.75) is 52.5 Å². The Morgan fingerprint density at radius 3 is 2.56 bits per heavy atom. The predicted molar refractivity (Wildman–Crippen MR) is 92.2 cm³/mol. The Bertz CT molecular complexity index is 681. The van der Waals surface area contributed by atoms with Gasteiger partial charge in [0.1, 0.15) is 18.5 Å². The van der Waals surface area contributed by atoms with Crippen molar-refractivity contribution in [1.82, 2.24) is 4.57 Å². The second kappa shape index (κ2) is 8.67. The lowest BCUT2D eigenvalue weighted by atomic mass is 10.2. The van der Waals surface area contributed by atoms with Crippen LogP contribution in [0, 0.1) is 25.2 Å². The van der Waals surface area contributed by atoms with Crippen molar-refractivity contribution in [2.24, 2.45) is 0 Å². The normalized spacial score (nSPS) is 14.3. The lowest BCUT2D eigenvalue weighted by Gasteiger charge is -2.19. The zero-order chi connectivity index (χ0) is 18.4. The number of hydrogen-bond acceptors (Lipinski definition) is 5. The predicted octanol–water partition coefficient (Wildman–Crippen LogP) is 2.61. The first-order valence-corrected chi connectivity index (χ1v) is 8.64. The molecule has 25 heavy (non-hydrogen) atoms. The fourth-order valence-electron chi connectivity index (χ4n) is 3.25. The third kappa shape index (κ3) is 4.40. The Labute approximate surface area is 147 Å². The van der Waals surface area contributed by atoms with Gasteiger partial charge < -0.3 is 19.4 Å². The highest BCUT2D eigenvalue weighted by atomic mass is 16.6. The quantitative estimate of drug-likeness (QED) is 0.765. The van der Waals surface area contributed by atoms with E-state index in [1.165, 1.54) is 0 Å². The van der Waals surface area contributed by atoms with Crippen molar-refractivity contribution in [3.63, 3.8) is 0 Å². The molecule has 0 aliphatic heterocycles. The monoisotopic (exact) mass is 347 g/mol. The summed E-state index contributed by atoms with van der Waals surface area (Å²) < 4.78 is 11.9. The van der Waals surface area contributed by atoms with Crippen LogP contribution < -0.4 is 5.32 Å². The summed E-state index contributed by atoms with van der Waals surface area (Å²) in [7, 11) is 0. The van der Waals surface area contributed by atoms with E-state index in [0.29, 0.717) is 18.0 Å². The minimum atomic E-state index is -0.587. The summed E-state index contributed by atoms with van der Waals surface area (Å²) in [6, 6.07) is 2.47. The van der Waals surface area contributed by atoms with Crippen LogP contribution in [0.1, 0.15) is 55.5 Å². The average Bonchev–Trinajstić information content (AvgIpc) is 3.19. The minimum Gasteiger partial charge on any atom is -0.454 e. The Morgan fingerprint density at radius 1 is 1.28 bits per heavy atom. The van der Waals surface area contributed by atoms with Gasteiger partial charge >= 0.3 is 5.97 Å². The van der Waals surface area contributed by atoms with Gasteiger partial charge in [-0.05, 0) is 39.2 Å². The van der Waals surface area contributed by atoms with E-state index < -0.39 is 18.5 Å². The number of nitrogens with one attached hydrogen (secondary N) is 1. The number of amides is 1. The first kappa shape index (κ1) is 19.0. The van der Waals surface area contributed by atoms with Crippen molar-refractivity contribution >= 4 is 17.7 Å². The minimum absolute atomic E-state index is 0.177. The standard InChI is InChI=1S/C18H25N3O4/c1-4-24-11-17(23)25-10-16(22)20-18-15(9-19)12(2)13(3)21(18)14-7-5-6-8-14/h14H,4-8,10-11H2,1-3H3,(H,20,22). The van der Waals surface area contributed by atoms with Gasteiger partial charge in [0.05, 0.1) is 5.56 Å². The van der Waals surface area contributed by atoms with Crippen molar-refractivity contribution < 1.29 is 19.1 Å². The van der Waals surface area contributed by atoms with E-state index in [2.05, 4.69) is 16.0 Å². The highest BCUT2D eigenvalue weighted by Crippen LogP contribution is 2.37. The molecule has 2 rings (SSSR count). The first-order chi connectivity index (χ1) is 12.0. The summed E-state index contributed by atoms with van der Waals surface area (Å²) in [5, 5.41) is 12.3. The number of esters is 1. The van der Waals surface area contributed by atoms with E-state index in [1.54, 1.807) is 6.92 Å². The van der Waals surface area contributed by atoms with E-state index in [9.17, 15) is 14.9 Å². The largest absolute Gasteiger partial charge is 0.454 e. The Kier molecular flexibility index (Phi) is 6.59. The van der Waals surface area contributed by atoms with Crippen LogP contribution in [-0.2, 0) is 19.1 Å². The lowest BCUT2D eigenvalue weighted by Crippen LogP contribution is -2.25. The van der Waals surface area contributed by atoms with E-state index in [-0.39, 0.29) is 12.6 Å². The van der Waals surface area contributed by atoms with Crippen LogP contribution in [0.2, 0.25) is 0 Å². The second-order valence-electron chi connectivity index (χ2n) is 6.20. The van der Waals surface area contributed by atoms with Crippen molar-refractivity contribution in [1.29, 1.82) is 5.26 Å². The molecule has 7 nitrogen and oxygen atoms in total. The molecule has 7 heteroatoms. The van der Waals surface area contributed by atoms with Gasteiger partial charge in [-0.3, -0.25) is 4.79 Å². The van der Waals surface area contributed by atoms with Gasteiger partial charge in [-0.15, -0.1) is 0 Å². The van der Waals surface area contributed by atoms with Crippen LogP contribution in [0.5, 0.6) is 0 Å². The van der Waals surface area contributed by atoms with Crippen LogP contribution in [0.4, 0.5) is 5.82 Å². The molecule has 1 fully saturated rings. The van der Waals surface area contributed by atoms with Crippen LogP contribution in [0.15, 0.2) is 0 Å². The van der Waals surface area contributed by atoms with Crippen molar-refractivity contribution in [2.75, 3.05) is 25.1 Å². The third-order valence-corrected chi connectivity index (χ3v) is 4.60. The van der Waals surface area contributed by atoms with Crippen molar-refractivity contribution in [3.8, 4) is 6.07 Å². The summed E-state index contributed by atoms with van der Waals surface area (Å²) >= 11 is 0. The van der Waals surface area contributed by atoms with Crippen molar-refractivity contribution in [3.05, 3.63) is 16.8 Å². The Hall–Kier alpha value is -2.33. The zero-order valence-corrected chi connectivity index (χ0v) is 15.1. The molecule has 1 heterocycles. The van der Waals surface area contributed by atoms with Gasteiger partial charge in [-0.2, -0.15) is 5.26 Å². The number of carbonyl (C=O) groups is 2. The maximum Gasteiger partial charge on any atom is 0.332 e. The molecule has 1 amide bonds. The fourth-order valence-corrected chi connectivity index (χ4v) is 3.25. The molecule has 136 valence electrons. The van der Waals surface area contributed by atoms with Gasteiger partial charge in [-0.25, -0.2) is 4.79 Å². The number of carbonyl (C=O) groups excluding carboxylic acids is 2. The van der Waals surface area contributed by atoms with E-state index in [4.69, 9.17) is 9.47 Å². The smallest absolute Gasteiger partial charge is 0.332 e. The summed E-state index contributed by atoms with van der Waals surface area (Å²) in [6.07, 6.45) is 4.36. The number of anilines is 1. The number of aromatic nitrogens is 1. The third-order valence-electron chi connectivity index (χ3n) is 4.60. The molecule has 1 aliphatic carbocycles. The number of hydrogen-bond donors (Lipinski definition) is 1. The number of nitrogens with zero attached hydrogens (tertiary/aromatic N) is 2. The Balaban J connectivity index is 2.12. The van der Waals surface area contributed by atoms with Gasteiger partial charge in [0, 0.05) is 18.3 Å². The molecule has 1 saturated carbocycles. The molecule has 0 atom stereocenters. The highest BCUT2D eigenvalue weighted by Gasteiger charge is 2.26. The van der Waals surface area contributed by atoms with Gasteiger partial charge in [0.15, 0.2) is 6.61 Å². The molecule has 0 unspecified atom stereocenters. The molecular formula is C18H25N3O4. The maximum absolute atomic E-state index is 12.2. The highest BCUT2D eigenvalue weighted by molar-refractivity contribution is 5.93. The molecule has 0 spiro atoms. The molecular weight excluding hydrogens is 322 g/mol. The first-order valence-electron chi connectivity index (χ1n) is 8.64. The van der Waals surface area contributed by atoms with E-state index in [0.717, 1.165) is 36.9 Å². The van der Waals surface area contributed by atoms with Crippen LogP contribution in [0.3, 0.4) is 0 Å². The SMILES string of the molecule is CCOCC(=O)OCC(=O)Nc1c(C#N)c(C)c(C)n1C1CCCC1. The second-order valence-corrected chi connectivity index (χ2v) is 6.20.